The SMILES string of the molecule is COc1ccc(C(OC[C@H]2O[C@@H](n3cnc4c(=O)n5ccn(CCc6ccc([N+](=O)[O-])cc6)c5nc43)[C@H](O[Si](C)(C)C(C)(C)C)[C@@H]2OP(=O)(OCCC#N)OC[C@H]2O[C@@H](n3cnc4c(NC(=O)c5ccccc5)ncnc43)[C@H](F)[C@@H]2O[PH](=O)O)(c2ccccc2)c2ccc(OC)cc2)cc1. The van der Waals surface area contributed by atoms with Crippen LogP contribution in [0.4, 0.5) is 15.9 Å². The van der Waals surface area contributed by atoms with Crippen molar-refractivity contribution in [1.82, 2.24) is 43.0 Å². The molecule has 0 bridgehead atoms. The first-order valence-corrected chi connectivity index (χ1v) is 37.3. The standard InChI is InChI=1S/C67H71FN12O17P2Si/c1-66(2,3)100(6,7)97-57-56(96-99(87,91-36-14-32-69)92-38-51-55(95-98(85)86)52(68)63(93-51)78-40-72-53-58(70-39-71-59(53)78)74-61(81)43-15-10-8-11-16-43)50(37-90-67(44-17-12-9-13-18-44,45-21-27-48(88-4)28-22-45)46-23-29-49(89-5)30-24-46)94-64(57)79-41-73-54-60(79)75-65-76(34-35-77(65)62(54)82)33-31-42-19-25-47(26-20-42)80(83)84/h8-13,15-30,34-35,39-41,50-52,55-57,63-64,98H,14,31,33,36-38H2,1-7H3,(H,85,86)(H,70,71,74,81)/t50-,51-,52-,55-,56-,57-,63-,64-,99?/m1/s1. The van der Waals surface area contributed by atoms with Gasteiger partial charge in [0.2, 0.25) is 5.78 Å². The summed E-state index contributed by atoms with van der Waals surface area (Å²) in [7, 11) is -9.23. The van der Waals surface area contributed by atoms with Gasteiger partial charge in [-0.15, -0.1) is 0 Å². The molecule has 2 unspecified atom stereocenters. The van der Waals surface area contributed by atoms with Crippen molar-refractivity contribution < 1.29 is 74.3 Å². The smallest absolute Gasteiger partial charge is 0.475 e. The second kappa shape index (κ2) is 29.5. The number of fused-ring (bicyclic) bond motifs is 3. The van der Waals surface area contributed by atoms with Gasteiger partial charge in [0.15, 0.2) is 55.1 Å². The van der Waals surface area contributed by atoms with E-state index < -0.39 is 120 Å². The van der Waals surface area contributed by atoms with E-state index >= 15 is 8.96 Å². The van der Waals surface area contributed by atoms with Gasteiger partial charge in [0.1, 0.15) is 53.9 Å². The summed E-state index contributed by atoms with van der Waals surface area (Å²) in [6, 6.07) is 40.4. The van der Waals surface area contributed by atoms with Crippen LogP contribution in [0.2, 0.25) is 18.1 Å². The third-order valence-electron chi connectivity index (χ3n) is 18.0. The molecule has 2 saturated heterocycles. The molecule has 7 heterocycles. The number of hydrogen-bond acceptors (Lipinski definition) is 22. The van der Waals surface area contributed by atoms with Crippen molar-refractivity contribution in [3.8, 4) is 17.6 Å². The number of nitro benzene ring substituents is 1. The van der Waals surface area contributed by atoms with Gasteiger partial charge in [-0.05, 0) is 83.2 Å². The minimum atomic E-state index is -5.24. The van der Waals surface area contributed by atoms with E-state index in [4.69, 9.17) is 51.2 Å². The van der Waals surface area contributed by atoms with Crippen LogP contribution in [0.1, 0.15) is 72.3 Å². The number of halogens is 1. The number of nitro groups is 1. The van der Waals surface area contributed by atoms with Gasteiger partial charge in [-0.3, -0.25) is 47.0 Å². The number of aryl methyl sites for hydroxylation is 2. The Morgan fingerprint density at radius 3 is 2.02 bits per heavy atom. The first-order valence-electron chi connectivity index (χ1n) is 31.7. The highest BCUT2D eigenvalue weighted by Gasteiger charge is 2.57. The Morgan fingerprint density at radius 2 is 1.40 bits per heavy atom. The fourth-order valence-electron chi connectivity index (χ4n) is 11.9. The zero-order chi connectivity index (χ0) is 70.7. The van der Waals surface area contributed by atoms with Crippen LogP contribution >= 0.6 is 16.1 Å². The summed E-state index contributed by atoms with van der Waals surface area (Å²) < 4.78 is 116. The minimum Gasteiger partial charge on any atom is -0.497 e. The molecule has 2 aliphatic heterocycles. The van der Waals surface area contributed by atoms with E-state index in [2.05, 4.69) is 25.3 Å². The molecule has 0 saturated carbocycles. The van der Waals surface area contributed by atoms with E-state index in [-0.39, 0.29) is 52.6 Å². The number of nitrogens with one attached hydrogen (secondary N) is 1. The van der Waals surface area contributed by atoms with Crippen LogP contribution in [0.25, 0.3) is 28.1 Å². The number of non-ortho nitro benzene ring substituents is 1. The zero-order valence-corrected chi connectivity index (χ0v) is 58.1. The molecule has 0 radical (unpaired) electrons. The van der Waals surface area contributed by atoms with E-state index in [0.717, 1.165) is 11.9 Å². The molecule has 1 amide bonds. The third-order valence-corrected chi connectivity index (χ3v) is 24.4. The molecule has 5 aromatic carbocycles. The number of aromatic nitrogens is 9. The molecule has 2 N–H and O–H groups in total. The molecule has 10 aromatic rings. The van der Waals surface area contributed by atoms with Crippen molar-refractivity contribution in [2.45, 2.75) is 113 Å². The number of alkyl halides is 1. The van der Waals surface area contributed by atoms with Crippen molar-refractivity contribution in [1.29, 1.82) is 5.26 Å². The second-order valence-electron chi connectivity index (χ2n) is 25.1. The highest BCUT2D eigenvalue weighted by Crippen LogP contribution is 2.56. The molecule has 100 heavy (non-hydrogen) atoms. The van der Waals surface area contributed by atoms with Crippen LogP contribution in [-0.2, 0) is 64.4 Å². The lowest BCUT2D eigenvalue weighted by molar-refractivity contribution is -0.384. The number of methoxy groups -OCH3 is 2. The molecule has 0 aliphatic carbocycles. The maximum absolute atomic E-state index is 17.2. The molecule has 0 spiro atoms. The number of rotatable bonds is 28. The number of phosphoric ester groups is 1. The Balaban J connectivity index is 0.958. The normalized spacial score (nSPS) is 20.5. The van der Waals surface area contributed by atoms with Gasteiger partial charge < -0.3 is 47.4 Å². The molecular weight excluding hydrogens is 1350 g/mol. The molecule has 33 heteroatoms. The van der Waals surface area contributed by atoms with Gasteiger partial charge >= 0.3 is 16.1 Å². The Labute approximate surface area is 573 Å². The van der Waals surface area contributed by atoms with Crippen LogP contribution in [0.3, 0.4) is 0 Å². The lowest BCUT2D eigenvalue weighted by Crippen LogP contribution is -2.49. The highest BCUT2D eigenvalue weighted by molar-refractivity contribution is 7.48. The maximum Gasteiger partial charge on any atom is 0.475 e. The topological polar surface area (TPSA) is 343 Å². The van der Waals surface area contributed by atoms with Gasteiger partial charge in [0.05, 0.1) is 64.1 Å². The Morgan fingerprint density at radius 1 is 0.790 bits per heavy atom. The average Bonchev–Trinajstić information content (AvgIpc) is 1.55. The van der Waals surface area contributed by atoms with E-state index in [1.807, 2.05) is 94.5 Å². The van der Waals surface area contributed by atoms with Gasteiger partial charge in [-0.25, -0.2) is 33.3 Å². The number of ether oxygens (including phenoxy) is 5. The summed E-state index contributed by atoms with van der Waals surface area (Å²) in [6.45, 7) is 8.34. The second-order valence-corrected chi connectivity index (χ2v) is 32.2. The number of nitrogens with zero attached hydrogens (tertiary/aromatic N) is 11. The van der Waals surface area contributed by atoms with Crippen molar-refractivity contribution in [2.24, 2.45) is 0 Å². The van der Waals surface area contributed by atoms with Crippen molar-refractivity contribution in [3.05, 3.63) is 213 Å². The van der Waals surface area contributed by atoms with Gasteiger partial charge in [-0.1, -0.05) is 106 Å². The van der Waals surface area contributed by atoms with E-state index in [1.54, 1.807) is 97.9 Å². The number of amides is 1. The largest absolute Gasteiger partial charge is 0.497 e. The number of phosphoric acid groups is 1. The highest BCUT2D eigenvalue weighted by atomic mass is 31.2. The number of hydrogen-bond donors (Lipinski definition) is 2. The number of carbonyl (C=O) groups is 1. The summed E-state index contributed by atoms with van der Waals surface area (Å²) in [6.07, 6.45) is -6.33. The molecule has 10 atom stereocenters. The summed E-state index contributed by atoms with van der Waals surface area (Å²) in [5, 5.41) is 23.5. The number of anilines is 1. The van der Waals surface area contributed by atoms with Crippen molar-refractivity contribution in [2.75, 3.05) is 39.4 Å². The zero-order valence-electron chi connectivity index (χ0n) is 55.2. The number of benzene rings is 5. The Kier molecular flexibility index (Phi) is 20.8. The molecule has 29 nitrogen and oxygen atoms in total. The summed E-state index contributed by atoms with van der Waals surface area (Å²) >= 11 is 0. The van der Waals surface area contributed by atoms with E-state index in [9.17, 15) is 34.4 Å². The molecule has 12 rings (SSSR count). The third kappa shape index (κ3) is 14.4. The number of nitriles is 1. The lowest BCUT2D eigenvalue weighted by Gasteiger charge is -2.41. The van der Waals surface area contributed by atoms with Crippen molar-refractivity contribution >= 4 is 69.9 Å². The monoisotopic (exact) mass is 1420 g/mol. The molecular formula is C67H71FN12O17P2Si. The van der Waals surface area contributed by atoms with Crippen LogP contribution in [0.5, 0.6) is 11.5 Å². The van der Waals surface area contributed by atoms with Crippen LogP contribution < -0.4 is 20.3 Å². The number of carbonyl (C=O) groups excluding carboxylic acids is 1. The van der Waals surface area contributed by atoms with Gasteiger partial charge in [0, 0.05) is 36.6 Å². The fraction of sp³-hybridized carbons (Fsp3) is 0.343. The van der Waals surface area contributed by atoms with E-state index in [1.165, 1.54) is 38.3 Å². The molecule has 2 aliphatic rings. The Hall–Kier alpha value is -9.25. The Bertz CT molecular complexity index is 4700. The summed E-state index contributed by atoms with van der Waals surface area (Å²) in [4.78, 5) is 71.8. The first kappa shape index (κ1) is 70.6. The predicted molar refractivity (Wildman–Crippen MR) is 363 cm³/mol. The summed E-state index contributed by atoms with van der Waals surface area (Å²) in [5.41, 5.74) is 0.873. The molecule has 2 fully saturated rings. The predicted octanol–water partition coefficient (Wildman–Crippen LogP) is 10.8. The maximum atomic E-state index is 17.2. The minimum absolute atomic E-state index is 0.0203. The fourth-order valence-corrected chi connectivity index (χ4v) is 15.0. The van der Waals surface area contributed by atoms with Gasteiger partial charge in [-0.2, -0.15) is 10.2 Å². The lowest BCUT2D eigenvalue weighted by atomic mass is 9.80. The quantitative estimate of drug-likeness (QED) is 0.0115. The van der Waals surface area contributed by atoms with Crippen LogP contribution in [0, 0.1) is 21.4 Å². The summed E-state index contributed by atoms with van der Waals surface area (Å²) in [5.74, 6) is 0.764. The van der Waals surface area contributed by atoms with Crippen molar-refractivity contribution in [3.63, 3.8) is 0 Å². The van der Waals surface area contributed by atoms with E-state index in [0.29, 0.717) is 40.2 Å². The van der Waals surface area contributed by atoms with Crippen LogP contribution in [-0.4, -0.2) is 138 Å². The molecule has 5 aromatic heterocycles. The van der Waals surface area contributed by atoms with Crippen LogP contribution in [0.15, 0.2) is 170 Å². The van der Waals surface area contributed by atoms with Gasteiger partial charge in [0.25, 0.3) is 17.2 Å². The molecule has 522 valence electrons. The average molecular weight is 1430 g/mol. The number of imidazole rings is 3. The first-order chi connectivity index (χ1) is 48.0.